The smallest absolute Gasteiger partial charge is 0.0622 e. The molecule has 2 nitrogen and oxygen atoms in total. The maximum Gasteiger partial charge on any atom is 0.0622 e. The third-order valence-electron chi connectivity index (χ3n) is 2.01. The summed E-state index contributed by atoms with van der Waals surface area (Å²) in [5.41, 5.74) is 1.30. The van der Waals surface area contributed by atoms with E-state index in [1.165, 1.54) is 0 Å². The van der Waals surface area contributed by atoms with E-state index in [1.54, 1.807) is 24.3 Å². The maximum atomic E-state index is 11.6. The molecule has 0 aromatic heterocycles. The first-order valence-electron chi connectivity index (χ1n) is 4.72. The van der Waals surface area contributed by atoms with Crippen LogP contribution in [0.5, 0.6) is 0 Å². The Kier molecular flexibility index (Phi) is 2.79. The first-order valence-corrected chi connectivity index (χ1v) is 4.72. The fraction of sp³-hybridized carbons (Fsp3) is 0. The Morgan fingerprint density at radius 1 is 0.800 bits per heavy atom. The van der Waals surface area contributed by atoms with Crippen LogP contribution in [-0.4, -0.2) is 5.90 Å². The Morgan fingerprint density at radius 3 is 1.93 bits per heavy atom. The van der Waals surface area contributed by atoms with Crippen LogP contribution >= 0.6 is 0 Å². The van der Waals surface area contributed by atoms with E-state index in [1.807, 2.05) is 36.4 Å². The lowest BCUT2D eigenvalue weighted by atomic mass is 10.2. The van der Waals surface area contributed by atoms with Crippen molar-refractivity contribution in [1.82, 2.24) is 0 Å². The molecule has 0 unspecified atom stereocenters. The highest BCUT2D eigenvalue weighted by Gasteiger charge is 1.90. The standard InChI is InChI=1S/C13H11NO/c15-13(11-7-3-1-4-8-11)14-12-9-5-2-6-10-12/h1-10H,(H,14,15)/p-1. The molecule has 15 heavy (non-hydrogen) atoms. The van der Waals surface area contributed by atoms with Gasteiger partial charge in [0.2, 0.25) is 0 Å². The maximum absolute atomic E-state index is 11.6. The third-order valence-corrected chi connectivity index (χ3v) is 2.01. The van der Waals surface area contributed by atoms with E-state index >= 15 is 0 Å². The third kappa shape index (κ3) is 2.44. The van der Waals surface area contributed by atoms with Crippen molar-refractivity contribution in [2.75, 3.05) is 0 Å². The number of nitrogens with zero attached hydrogens (tertiary/aromatic N) is 1. The van der Waals surface area contributed by atoms with Crippen LogP contribution in [0.25, 0.3) is 0 Å². The Hall–Kier alpha value is -2.09. The van der Waals surface area contributed by atoms with Crippen LogP contribution in [0.3, 0.4) is 0 Å². The molecule has 0 heterocycles. The van der Waals surface area contributed by atoms with Crippen molar-refractivity contribution in [2.45, 2.75) is 0 Å². The predicted octanol–water partition coefficient (Wildman–Crippen LogP) is 2.13. The molecule has 2 heteroatoms. The minimum Gasteiger partial charge on any atom is -0.858 e. The van der Waals surface area contributed by atoms with Gasteiger partial charge in [-0.25, -0.2) is 0 Å². The first-order chi connectivity index (χ1) is 7.36. The van der Waals surface area contributed by atoms with Crippen molar-refractivity contribution in [2.24, 2.45) is 4.99 Å². The number of rotatable bonds is 2. The summed E-state index contributed by atoms with van der Waals surface area (Å²) < 4.78 is 0. The molecule has 0 N–H and O–H groups in total. The van der Waals surface area contributed by atoms with Crippen molar-refractivity contribution >= 4 is 11.6 Å². The molecule has 2 aromatic carbocycles. The summed E-state index contributed by atoms with van der Waals surface area (Å²) in [6.07, 6.45) is 0. The summed E-state index contributed by atoms with van der Waals surface area (Å²) in [6, 6.07) is 18.3. The number of aliphatic imine (C=N–C) groups is 1. The lowest BCUT2D eigenvalue weighted by Gasteiger charge is -2.09. The fourth-order valence-corrected chi connectivity index (χ4v) is 1.27. The average molecular weight is 196 g/mol. The zero-order valence-corrected chi connectivity index (χ0v) is 8.13. The van der Waals surface area contributed by atoms with Crippen LogP contribution in [0.15, 0.2) is 65.7 Å². The van der Waals surface area contributed by atoms with Gasteiger partial charge in [0, 0.05) is 0 Å². The number of hydrogen-bond donors (Lipinski definition) is 0. The number of benzene rings is 2. The van der Waals surface area contributed by atoms with Crippen LogP contribution in [0.1, 0.15) is 5.56 Å². The second-order valence-corrected chi connectivity index (χ2v) is 3.12. The number of para-hydroxylation sites is 1. The summed E-state index contributed by atoms with van der Waals surface area (Å²) >= 11 is 0. The van der Waals surface area contributed by atoms with Gasteiger partial charge in [0.05, 0.1) is 5.69 Å². The van der Waals surface area contributed by atoms with Crippen LogP contribution < -0.4 is 5.11 Å². The topological polar surface area (TPSA) is 35.4 Å². The molecule has 2 rings (SSSR count). The molecule has 0 spiro atoms. The Morgan fingerprint density at radius 2 is 1.33 bits per heavy atom. The highest BCUT2D eigenvalue weighted by atomic mass is 16.3. The Labute approximate surface area is 88.5 Å². The van der Waals surface area contributed by atoms with Gasteiger partial charge in [0.1, 0.15) is 0 Å². The van der Waals surface area contributed by atoms with Crippen LogP contribution in [0.2, 0.25) is 0 Å². The van der Waals surface area contributed by atoms with E-state index in [-0.39, 0.29) is 5.90 Å². The van der Waals surface area contributed by atoms with Gasteiger partial charge >= 0.3 is 0 Å². The molecule has 0 aliphatic rings. The molecule has 0 saturated carbocycles. The molecule has 0 bridgehead atoms. The quantitative estimate of drug-likeness (QED) is 0.535. The SMILES string of the molecule is [O-]C(=Nc1ccccc1)c1ccccc1. The van der Waals surface area contributed by atoms with E-state index in [0.717, 1.165) is 0 Å². The summed E-state index contributed by atoms with van der Waals surface area (Å²) in [5.74, 6) is -0.207. The van der Waals surface area contributed by atoms with E-state index in [0.29, 0.717) is 11.3 Å². The van der Waals surface area contributed by atoms with Gasteiger partial charge < -0.3 is 5.11 Å². The molecular weight excluding hydrogens is 186 g/mol. The number of hydrogen-bond acceptors (Lipinski definition) is 2. The fourth-order valence-electron chi connectivity index (χ4n) is 1.27. The van der Waals surface area contributed by atoms with Gasteiger partial charge in [-0.05, 0) is 23.6 Å². The van der Waals surface area contributed by atoms with Crippen LogP contribution in [0, 0.1) is 0 Å². The van der Waals surface area contributed by atoms with Gasteiger partial charge in [-0.15, -0.1) is 0 Å². The van der Waals surface area contributed by atoms with E-state index in [2.05, 4.69) is 4.99 Å². The monoisotopic (exact) mass is 196 g/mol. The highest BCUT2D eigenvalue weighted by Crippen LogP contribution is 2.11. The van der Waals surface area contributed by atoms with Gasteiger partial charge in [-0.3, -0.25) is 4.99 Å². The van der Waals surface area contributed by atoms with Crippen molar-refractivity contribution in [3.05, 3.63) is 66.2 Å². The van der Waals surface area contributed by atoms with E-state index in [4.69, 9.17) is 0 Å². The Bertz CT molecular complexity index is 448. The first kappa shape index (κ1) is 9.46. The van der Waals surface area contributed by atoms with Crippen molar-refractivity contribution in [1.29, 1.82) is 0 Å². The van der Waals surface area contributed by atoms with Gasteiger partial charge in [0.15, 0.2) is 0 Å². The van der Waals surface area contributed by atoms with E-state index < -0.39 is 0 Å². The van der Waals surface area contributed by atoms with E-state index in [9.17, 15) is 5.11 Å². The molecular formula is C13H10NO-. The summed E-state index contributed by atoms with van der Waals surface area (Å²) in [5, 5.41) is 11.6. The normalized spacial score (nSPS) is 11.3. The lowest BCUT2D eigenvalue weighted by Crippen LogP contribution is -2.17. The van der Waals surface area contributed by atoms with Crippen molar-refractivity contribution in [3.8, 4) is 0 Å². The summed E-state index contributed by atoms with van der Waals surface area (Å²) in [4.78, 5) is 3.99. The molecule has 74 valence electrons. The molecule has 2 aromatic rings. The predicted molar refractivity (Wildman–Crippen MR) is 59.1 cm³/mol. The second-order valence-electron chi connectivity index (χ2n) is 3.12. The minimum absolute atomic E-state index is 0.207. The Balaban J connectivity index is 2.29. The van der Waals surface area contributed by atoms with Gasteiger partial charge in [-0.2, -0.15) is 0 Å². The summed E-state index contributed by atoms with van der Waals surface area (Å²) in [7, 11) is 0. The molecule has 0 radical (unpaired) electrons. The molecule has 0 saturated heterocycles. The second kappa shape index (κ2) is 4.42. The van der Waals surface area contributed by atoms with Gasteiger partial charge in [-0.1, -0.05) is 48.5 Å². The molecule has 0 amide bonds. The lowest BCUT2D eigenvalue weighted by molar-refractivity contribution is -0.212. The summed E-state index contributed by atoms with van der Waals surface area (Å²) in [6.45, 7) is 0. The molecule has 0 fully saturated rings. The van der Waals surface area contributed by atoms with Gasteiger partial charge in [0.25, 0.3) is 0 Å². The zero-order chi connectivity index (χ0) is 10.5. The molecule has 0 aliphatic carbocycles. The van der Waals surface area contributed by atoms with Crippen LogP contribution in [0.4, 0.5) is 5.69 Å². The highest BCUT2D eigenvalue weighted by molar-refractivity contribution is 5.92. The largest absolute Gasteiger partial charge is 0.858 e. The van der Waals surface area contributed by atoms with Crippen LogP contribution in [-0.2, 0) is 0 Å². The molecule has 0 atom stereocenters. The van der Waals surface area contributed by atoms with Crippen molar-refractivity contribution in [3.63, 3.8) is 0 Å². The van der Waals surface area contributed by atoms with Crippen molar-refractivity contribution < 1.29 is 5.11 Å². The zero-order valence-electron chi connectivity index (χ0n) is 8.13. The average Bonchev–Trinajstić information content (AvgIpc) is 2.31. The minimum atomic E-state index is -0.207. The molecule has 0 aliphatic heterocycles.